The highest BCUT2D eigenvalue weighted by atomic mass is 32.2. The summed E-state index contributed by atoms with van der Waals surface area (Å²) in [4.78, 5) is 5.68. The van der Waals surface area contributed by atoms with Crippen LogP contribution in [0.1, 0.15) is 11.1 Å². The van der Waals surface area contributed by atoms with E-state index in [9.17, 15) is 8.42 Å². The maximum absolute atomic E-state index is 12.6. The highest BCUT2D eigenvalue weighted by Gasteiger charge is 2.19. The second-order valence-corrected chi connectivity index (χ2v) is 8.40. The van der Waals surface area contributed by atoms with Crippen molar-refractivity contribution < 1.29 is 13.2 Å². The zero-order valence-electron chi connectivity index (χ0n) is 13.3. The van der Waals surface area contributed by atoms with E-state index >= 15 is 0 Å². The number of pyridine rings is 1. The lowest BCUT2D eigenvalue weighted by Crippen LogP contribution is -2.23. The molecular weight excluding hydrogens is 356 g/mol. The van der Waals surface area contributed by atoms with Gasteiger partial charge in [0.1, 0.15) is 5.75 Å². The highest BCUT2D eigenvalue weighted by molar-refractivity contribution is 7.89. The number of sulfonamides is 1. The number of nitrogens with zero attached hydrogens (tertiary/aromatic N) is 1. The summed E-state index contributed by atoms with van der Waals surface area (Å²) in [6.45, 7) is 0.795. The van der Waals surface area contributed by atoms with E-state index in [1.807, 2.05) is 29.6 Å². The van der Waals surface area contributed by atoms with E-state index in [4.69, 9.17) is 4.74 Å². The van der Waals surface area contributed by atoms with Crippen molar-refractivity contribution in [3.8, 4) is 16.3 Å². The van der Waals surface area contributed by atoms with E-state index in [1.54, 1.807) is 35.7 Å². The zero-order chi connectivity index (χ0) is 17.3. The molecule has 3 heterocycles. The van der Waals surface area contributed by atoms with Crippen molar-refractivity contribution in [1.29, 1.82) is 0 Å². The first kappa shape index (κ1) is 16.3. The summed E-state index contributed by atoms with van der Waals surface area (Å²) in [5, 5.41) is 1.98. The van der Waals surface area contributed by atoms with Gasteiger partial charge in [0.25, 0.3) is 0 Å². The van der Waals surface area contributed by atoms with Gasteiger partial charge in [-0.2, -0.15) is 0 Å². The van der Waals surface area contributed by atoms with E-state index in [2.05, 4.69) is 9.71 Å². The summed E-state index contributed by atoms with van der Waals surface area (Å²) in [5.41, 5.74) is 2.59. The van der Waals surface area contributed by atoms with Gasteiger partial charge >= 0.3 is 0 Å². The Morgan fingerprint density at radius 2 is 2.12 bits per heavy atom. The molecule has 0 fully saturated rings. The molecule has 0 saturated heterocycles. The SMILES string of the molecule is O=S(=O)(NCc1cccnc1-c1cccs1)c1ccc2c(c1)CCO2. The van der Waals surface area contributed by atoms with E-state index < -0.39 is 10.0 Å². The maximum atomic E-state index is 12.6. The Kier molecular flexibility index (Phi) is 4.29. The van der Waals surface area contributed by atoms with Gasteiger partial charge in [-0.15, -0.1) is 11.3 Å². The number of hydrogen-bond acceptors (Lipinski definition) is 5. The number of hydrogen-bond donors (Lipinski definition) is 1. The summed E-state index contributed by atoms with van der Waals surface area (Å²) in [5.74, 6) is 0.770. The monoisotopic (exact) mass is 372 g/mol. The first-order chi connectivity index (χ1) is 12.1. The molecule has 3 aromatic rings. The number of fused-ring (bicyclic) bond motifs is 1. The lowest BCUT2D eigenvalue weighted by molar-refractivity contribution is 0.356. The van der Waals surface area contributed by atoms with Crippen LogP contribution in [-0.4, -0.2) is 20.0 Å². The average Bonchev–Trinajstić information content (AvgIpc) is 3.31. The Morgan fingerprint density at radius 1 is 1.20 bits per heavy atom. The molecule has 7 heteroatoms. The van der Waals surface area contributed by atoms with Crippen LogP contribution in [0, 0.1) is 0 Å². The van der Waals surface area contributed by atoms with Gasteiger partial charge in [0.05, 0.1) is 22.1 Å². The molecule has 1 aliphatic heterocycles. The number of ether oxygens (including phenoxy) is 1. The molecule has 2 aromatic heterocycles. The molecule has 0 spiro atoms. The number of rotatable bonds is 5. The van der Waals surface area contributed by atoms with Crippen LogP contribution in [0.5, 0.6) is 5.75 Å². The third kappa shape index (κ3) is 3.30. The lowest BCUT2D eigenvalue weighted by Gasteiger charge is -2.10. The second-order valence-electron chi connectivity index (χ2n) is 5.68. The molecule has 0 unspecified atom stereocenters. The van der Waals surface area contributed by atoms with Crippen LogP contribution in [0.15, 0.2) is 58.9 Å². The Bertz CT molecular complexity index is 999. The highest BCUT2D eigenvalue weighted by Crippen LogP contribution is 2.28. The maximum Gasteiger partial charge on any atom is 0.240 e. The van der Waals surface area contributed by atoms with Gasteiger partial charge in [-0.1, -0.05) is 12.1 Å². The van der Waals surface area contributed by atoms with E-state index in [0.717, 1.165) is 33.9 Å². The van der Waals surface area contributed by atoms with Gasteiger partial charge in [0.15, 0.2) is 0 Å². The average molecular weight is 372 g/mol. The Morgan fingerprint density at radius 3 is 2.96 bits per heavy atom. The normalized spacial score (nSPS) is 13.4. The van der Waals surface area contributed by atoms with Crippen molar-refractivity contribution in [3.63, 3.8) is 0 Å². The summed E-state index contributed by atoms with van der Waals surface area (Å²) < 4.78 is 33.4. The van der Waals surface area contributed by atoms with Crippen LogP contribution in [-0.2, 0) is 23.0 Å². The van der Waals surface area contributed by atoms with Crippen molar-refractivity contribution in [1.82, 2.24) is 9.71 Å². The molecule has 5 nitrogen and oxygen atoms in total. The number of benzene rings is 1. The molecule has 0 amide bonds. The topological polar surface area (TPSA) is 68.3 Å². The molecule has 1 aliphatic rings. The van der Waals surface area contributed by atoms with Crippen molar-refractivity contribution in [3.05, 3.63) is 65.2 Å². The van der Waals surface area contributed by atoms with Gasteiger partial charge in [-0.05, 0) is 46.8 Å². The fourth-order valence-electron chi connectivity index (χ4n) is 2.80. The van der Waals surface area contributed by atoms with Gasteiger partial charge in [-0.25, -0.2) is 13.1 Å². The minimum Gasteiger partial charge on any atom is -0.493 e. The van der Waals surface area contributed by atoms with E-state index in [0.29, 0.717) is 6.61 Å². The lowest BCUT2D eigenvalue weighted by atomic mass is 10.2. The Hall–Kier alpha value is -2.22. The van der Waals surface area contributed by atoms with Crippen molar-refractivity contribution in [2.75, 3.05) is 6.61 Å². The van der Waals surface area contributed by atoms with Gasteiger partial charge < -0.3 is 4.74 Å². The predicted molar refractivity (Wildman–Crippen MR) is 97.2 cm³/mol. The molecule has 128 valence electrons. The fraction of sp³-hybridized carbons (Fsp3) is 0.167. The number of thiophene rings is 1. The summed E-state index contributed by atoms with van der Waals surface area (Å²) in [6, 6.07) is 12.6. The Balaban J connectivity index is 1.57. The largest absolute Gasteiger partial charge is 0.493 e. The first-order valence-corrected chi connectivity index (χ1v) is 10.2. The molecular formula is C18H16N2O3S2. The minimum absolute atomic E-state index is 0.191. The van der Waals surface area contributed by atoms with Gasteiger partial charge in [0.2, 0.25) is 10.0 Å². The third-order valence-electron chi connectivity index (χ3n) is 4.07. The fourth-order valence-corrected chi connectivity index (χ4v) is 4.62. The number of nitrogens with one attached hydrogen (secondary N) is 1. The van der Waals surface area contributed by atoms with Crippen molar-refractivity contribution in [2.45, 2.75) is 17.9 Å². The van der Waals surface area contributed by atoms with Crippen LogP contribution in [0.3, 0.4) is 0 Å². The minimum atomic E-state index is -3.60. The molecule has 0 saturated carbocycles. The molecule has 1 N–H and O–H groups in total. The molecule has 25 heavy (non-hydrogen) atoms. The summed E-state index contributed by atoms with van der Waals surface area (Å²) in [6.07, 6.45) is 2.46. The molecule has 0 atom stereocenters. The molecule has 0 aliphatic carbocycles. The first-order valence-electron chi connectivity index (χ1n) is 7.87. The molecule has 0 radical (unpaired) electrons. The van der Waals surface area contributed by atoms with Crippen LogP contribution in [0.4, 0.5) is 0 Å². The Labute approximate surface area is 150 Å². The van der Waals surface area contributed by atoms with Crippen LogP contribution in [0.25, 0.3) is 10.6 Å². The van der Waals surface area contributed by atoms with Gasteiger partial charge in [0, 0.05) is 19.2 Å². The number of aromatic nitrogens is 1. The summed E-state index contributed by atoms with van der Waals surface area (Å²) in [7, 11) is -3.60. The van der Waals surface area contributed by atoms with E-state index in [1.165, 1.54) is 0 Å². The quantitative estimate of drug-likeness (QED) is 0.747. The molecule has 4 rings (SSSR count). The molecule has 1 aromatic carbocycles. The third-order valence-corrected chi connectivity index (χ3v) is 6.35. The van der Waals surface area contributed by atoms with Crippen LogP contribution < -0.4 is 9.46 Å². The predicted octanol–water partition coefficient (Wildman–Crippen LogP) is 3.22. The smallest absolute Gasteiger partial charge is 0.240 e. The van der Waals surface area contributed by atoms with Crippen molar-refractivity contribution in [2.24, 2.45) is 0 Å². The standard InChI is InChI=1S/C18H16N2O3S2/c21-25(22,15-5-6-16-13(11-15)7-9-23-16)20-12-14-3-1-8-19-18(14)17-4-2-10-24-17/h1-6,8,10-11,20H,7,9,12H2. The summed E-state index contributed by atoms with van der Waals surface area (Å²) >= 11 is 1.58. The molecule has 0 bridgehead atoms. The van der Waals surface area contributed by atoms with Crippen molar-refractivity contribution >= 4 is 21.4 Å². The van der Waals surface area contributed by atoms with Gasteiger partial charge in [-0.3, -0.25) is 4.98 Å². The van der Waals surface area contributed by atoms with E-state index in [-0.39, 0.29) is 11.4 Å². The second kappa shape index (κ2) is 6.59. The zero-order valence-corrected chi connectivity index (χ0v) is 14.9. The van der Waals surface area contributed by atoms with Crippen LogP contribution >= 0.6 is 11.3 Å². The van der Waals surface area contributed by atoms with Crippen LogP contribution in [0.2, 0.25) is 0 Å².